The molecule has 0 amide bonds. The highest BCUT2D eigenvalue weighted by Crippen LogP contribution is 2.15. The number of hydrogen-bond donors (Lipinski definition) is 1. The number of carbonyl (C=O) groups is 1. The molecule has 0 aliphatic heterocycles. The first-order valence-electron chi connectivity index (χ1n) is 3.81. The molecule has 0 aliphatic rings. The zero-order valence-electron chi connectivity index (χ0n) is 7.38. The molecule has 1 aromatic rings. The number of aliphatic carboxylic acids is 1. The molecule has 0 aromatic heterocycles. The summed E-state index contributed by atoms with van der Waals surface area (Å²) in [5, 5.41) is 8.44. The molecule has 0 unspecified atom stereocenters. The Labute approximate surface area is 85.5 Å². The van der Waals surface area contributed by atoms with Crippen LogP contribution < -0.4 is 4.18 Å². The van der Waals surface area contributed by atoms with E-state index in [4.69, 9.17) is 5.11 Å². The summed E-state index contributed by atoms with van der Waals surface area (Å²) < 4.78 is 36.1. The highest BCUT2D eigenvalue weighted by Gasteiger charge is 2.09. The minimum absolute atomic E-state index is 0.192. The van der Waals surface area contributed by atoms with Crippen LogP contribution in [-0.2, 0) is 21.7 Å². The van der Waals surface area contributed by atoms with Gasteiger partial charge in [0.25, 0.3) is 0 Å². The third-order valence-corrected chi connectivity index (χ3v) is 1.87. The van der Waals surface area contributed by atoms with Crippen LogP contribution in [0.4, 0.5) is 3.89 Å². The molecule has 15 heavy (non-hydrogen) atoms. The molecule has 1 rings (SSSR count). The van der Waals surface area contributed by atoms with Crippen molar-refractivity contribution in [3.63, 3.8) is 0 Å². The van der Waals surface area contributed by atoms with Gasteiger partial charge in [0.2, 0.25) is 0 Å². The number of benzene rings is 1. The van der Waals surface area contributed by atoms with Gasteiger partial charge in [0, 0.05) is 0 Å². The predicted octanol–water partition coefficient (Wildman–Crippen LogP) is 0.907. The van der Waals surface area contributed by atoms with Crippen LogP contribution in [0, 0.1) is 0 Å². The van der Waals surface area contributed by atoms with Crippen molar-refractivity contribution in [3.05, 3.63) is 29.8 Å². The molecular weight excluding hydrogens is 227 g/mol. The standard InChI is InChI=1S/C8H7FO5S/c9-15(12,13)14-7-3-1-6(2-4-7)5-8(10)11/h1-4H,5H2,(H,10,11). The number of carboxylic acid groups (broad SMARTS) is 1. The predicted molar refractivity (Wildman–Crippen MR) is 48.4 cm³/mol. The van der Waals surface area contributed by atoms with Gasteiger partial charge in [-0.2, -0.15) is 8.42 Å². The summed E-state index contributed by atoms with van der Waals surface area (Å²) in [6.45, 7) is 0. The van der Waals surface area contributed by atoms with E-state index in [0.29, 0.717) is 5.56 Å². The zero-order valence-corrected chi connectivity index (χ0v) is 8.20. The van der Waals surface area contributed by atoms with Crippen molar-refractivity contribution < 1.29 is 26.4 Å². The van der Waals surface area contributed by atoms with Crippen molar-refractivity contribution in [2.24, 2.45) is 0 Å². The largest absolute Gasteiger partial charge is 0.488 e. The molecule has 1 N–H and O–H groups in total. The van der Waals surface area contributed by atoms with E-state index in [1.54, 1.807) is 0 Å². The van der Waals surface area contributed by atoms with E-state index in [2.05, 4.69) is 4.18 Å². The van der Waals surface area contributed by atoms with Gasteiger partial charge in [-0.1, -0.05) is 16.0 Å². The summed E-state index contributed by atoms with van der Waals surface area (Å²) in [6, 6.07) is 5.04. The minimum atomic E-state index is -5.03. The first-order chi connectivity index (χ1) is 6.87. The molecule has 1 aromatic carbocycles. The second-order valence-corrected chi connectivity index (χ2v) is 3.64. The van der Waals surface area contributed by atoms with Crippen LogP contribution in [0.3, 0.4) is 0 Å². The molecular formula is C8H7FO5S. The van der Waals surface area contributed by atoms with Gasteiger partial charge in [-0.3, -0.25) is 4.79 Å². The van der Waals surface area contributed by atoms with E-state index in [1.807, 2.05) is 0 Å². The van der Waals surface area contributed by atoms with Gasteiger partial charge in [0.05, 0.1) is 6.42 Å². The van der Waals surface area contributed by atoms with Gasteiger partial charge in [0.15, 0.2) is 0 Å². The van der Waals surface area contributed by atoms with E-state index < -0.39 is 16.5 Å². The van der Waals surface area contributed by atoms with Crippen LogP contribution in [0.25, 0.3) is 0 Å². The Bertz CT molecular complexity index is 450. The van der Waals surface area contributed by atoms with Crippen molar-refractivity contribution in [2.45, 2.75) is 6.42 Å². The zero-order chi connectivity index (χ0) is 11.5. The number of halogens is 1. The van der Waals surface area contributed by atoms with Gasteiger partial charge in [-0.15, -0.1) is 0 Å². The number of hydrogen-bond acceptors (Lipinski definition) is 4. The topological polar surface area (TPSA) is 80.7 Å². The van der Waals surface area contributed by atoms with E-state index >= 15 is 0 Å². The molecule has 7 heteroatoms. The average molecular weight is 234 g/mol. The number of carboxylic acids is 1. The Morgan fingerprint density at radius 2 is 1.87 bits per heavy atom. The van der Waals surface area contributed by atoms with Crippen molar-refractivity contribution in [3.8, 4) is 5.75 Å². The highest BCUT2D eigenvalue weighted by molar-refractivity contribution is 7.81. The average Bonchev–Trinajstić information content (AvgIpc) is 2.05. The minimum Gasteiger partial charge on any atom is -0.481 e. The van der Waals surface area contributed by atoms with Crippen LogP contribution >= 0.6 is 0 Å². The van der Waals surface area contributed by atoms with Crippen LogP contribution in [0.5, 0.6) is 5.75 Å². The van der Waals surface area contributed by atoms with Crippen LogP contribution in [-0.4, -0.2) is 19.5 Å². The summed E-state index contributed by atoms with van der Waals surface area (Å²) in [6.07, 6.45) is -0.192. The Kier molecular flexibility index (Phi) is 3.25. The van der Waals surface area contributed by atoms with E-state index in [0.717, 1.165) is 0 Å². The van der Waals surface area contributed by atoms with Gasteiger partial charge < -0.3 is 9.29 Å². The second-order valence-electron chi connectivity index (χ2n) is 2.69. The molecule has 0 radical (unpaired) electrons. The third-order valence-electron chi connectivity index (χ3n) is 1.47. The summed E-state index contributed by atoms with van der Waals surface area (Å²) in [7, 11) is -5.03. The Morgan fingerprint density at radius 1 is 1.33 bits per heavy atom. The molecule has 0 saturated heterocycles. The molecule has 0 bridgehead atoms. The molecule has 0 spiro atoms. The second kappa shape index (κ2) is 4.26. The smallest absolute Gasteiger partial charge is 0.481 e. The summed E-state index contributed by atoms with van der Waals surface area (Å²) in [4.78, 5) is 10.3. The Hall–Kier alpha value is -1.63. The van der Waals surface area contributed by atoms with E-state index in [1.165, 1.54) is 24.3 Å². The highest BCUT2D eigenvalue weighted by atomic mass is 32.3. The molecule has 0 atom stereocenters. The molecule has 82 valence electrons. The maximum absolute atomic E-state index is 12.0. The summed E-state index contributed by atoms with van der Waals surface area (Å²) in [5.41, 5.74) is 0.464. The maximum atomic E-state index is 12.0. The van der Waals surface area contributed by atoms with E-state index in [-0.39, 0.29) is 12.2 Å². The molecule has 5 nitrogen and oxygen atoms in total. The SMILES string of the molecule is O=C(O)Cc1ccc(OS(=O)(=O)F)cc1. The Morgan fingerprint density at radius 3 is 2.27 bits per heavy atom. The lowest BCUT2D eigenvalue weighted by molar-refractivity contribution is -0.136. The summed E-state index contributed by atoms with van der Waals surface area (Å²) >= 11 is 0. The van der Waals surface area contributed by atoms with E-state index in [9.17, 15) is 17.1 Å². The fourth-order valence-corrected chi connectivity index (χ4v) is 1.29. The first kappa shape index (κ1) is 11.4. The first-order valence-corrected chi connectivity index (χ1v) is 5.12. The monoisotopic (exact) mass is 234 g/mol. The van der Waals surface area contributed by atoms with Gasteiger partial charge in [-0.25, -0.2) is 0 Å². The van der Waals surface area contributed by atoms with Crippen molar-refractivity contribution in [1.82, 2.24) is 0 Å². The lowest BCUT2D eigenvalue weighted by Crippen LogP contribution is -2.02. The molecule has 0 heterocycles. The van der Waals surface area contributed by atoms with Crippen molar-refractivity contribution in [2.75, 3.05) is 0 Å². The van der Waals surface area contributed by atoms with Gasteiger partial charge in [0.1, 0.15) is 5.75 Å². The van der Waals surface area contributed by atoms with Crippen molar-refractivity contribution in [1.29, 1.82) is 0 Å². The Balaban J connectivity index is 2.77. The maximum Gasteiger partial charge on any atom is 0.488 e. The number of rotatable bonds is 4. The molecule has 0 aliphatic carbocycles. The van der Waals surface area contributed by atoms with Crippen molar-refractivity contribution >= 4 is 16.5 Å². The fraction of sp³-hybridized carbons (Fsp3) is 0.125. The third kappa shape index (κ3) is 4.41. The van der Waals surface area contributed by atoms with Crippen LogP contribution in [0.15, 0.2) is 24.3 Å². The van der Waals surface area contributed by atoms with Crippen LogP contribution in [0.1, 0.15) is 5.56 Å². The van der Waals surface area contributed by atoms with Gasteiger partial charge >= 0.3 is 16.5 Å². The normalized spacial score (nSPS) is 11.0. The quantitative estimate of drug-likeness (QED) is 0.783. The lowest BCUT2D eigenvalue weighted by Gasteiger charge is -2.00. The van der Waals surface area contributed by atoms with Crippen LogP contribution in [0.2, 0.25) is 0 Å². The molecule has 0 saturated carbocycles. The summed E-state index contributed by atoms with van der Waals surface area (Å²) in [5.74, 6) is -1.21. The molecule has 0 fully saturated rings. The van der Waals surface area contributed by atoms with Gasteiger partial charge in [-0.05, 0) is 17.7 Å². The fourth-order valence-electron chi connectivity index (χ4n) is 0.952. The lowest BCUT2D eigenvalue weighted by atomic mass is 10.1.